The van der Waals surface area contributed by atoms with Gasteiger partial charge in [-0.15, -0.1) is 0 Å². The molecule has 0 aromatic heterocycles. The fourth-order valence-corrected chi connectivity index (χ4v) is 9.54. The van der Waals surface area contributed by atoms with Crippen molar-refractivity contribution in [3.63, 3.8) is 0 Å². The molecule has 260 valence electrons. The number of esters is 1. The molecule has 3 aliphatic carbocycles. The van der Waals surface area contributed by atoms with Gasteiger partial charge in [-0.05, 0) is 73.0 Å². The molecule has 0 heterocycles. The zero-order valence-electron chi connectivity index (χ0n) is 26.0. The second-order valence-electron chi connectivity index (χ2n) is 12.9. The van der Waals surface area contributed by atoms with Crippen LogP contribution in [0.25, 0.3) is 0 Å². The SMILES string of the molecule is O=C(CCOS(=O)(=O)c1c(C2CCCCC2)cc(C2CCCCC2)cc1C1CCCCC1)Oc1c(F)c(F)c(S(=O)(=O)O)c(F)c1F. The van der Waals surface area contributed by atoms with Gasteiger partial charge in [-0.1, -0.05) is 69.9 Å². The first-order valence-electron chi connectivity index (χ1n) is 16.4. The molecule has 0 unspecified atom stereocenters. The molecule has 0 spiro atoms. The number of carbonyl (C=O) groups excluding carboxylic acids is 1. The van der Waals surface area contributed by atoms with Gasteiger partial charge in [-0.3, -0.25) is 13.5 Å². The van der Waals surface area contributed by atoms with Gasteiger partial charge in [0.2, 0.25) is 17.4 Å². The third kappa shape index (κ3) is 8.02. The summed E-state index contributed by atoms with van der Waals surface area (Å²) in [4.78, 5) is 10.3. The van der Waals surface area contributed by atoms with Crippen LogP contribution in [0.5, 0.6) is 5.75 Å². The predicted molar refractivity (Wildman–Crippen MR) is 163 cm³/mol. The molecule has 5 rings (SSSR count). The van der Waals surface area contributed by atoms with E-state index >= 15 is 0 Å². The molecule has 14 heteroatoms. The van der Waals surface area contributed by atoms with Crippen LogP contribution in [0.2, 0.25) is 0 Å². The number of halogens is 4. The Kier molecular flexibility index (Phi) is 11.3. The molecule has 0 bridgehead atoms. The molecule has 3 saturated carbocycles. The first-order valence-corrected chi connectivity index (χ1v) is 19.3. The van der Waals surface area contributed by atoms with E-state index in [1.807, 2.05) is 12.1 Å². The van der Waals surface area contributed by atoms with Crippen molar-refractivity contribution in [1.29, 1.82) is 0 Å². The maximum Gasteiger partial charge on any atom is 0.313 e. The van der Waals surface area contributed by atoms with Gasteiger partial charge < -0.3 is 4.74 Å². The summed E-state index contributed by atoms with van der Waals surface area (Å²) in [5.41, 5.74) is 2.65. The second kappa shape index (κ2) is 14.9. The lowest BCUT2D eigenvalue weighted by molar-refractivity contribution is -0.135. The first-order chi connectivity index (χ1) is 22.3. The summed E-state index contributed by atoms with van der Waals surface area (Å²) >= 11 is 0. The lowest BCUT2D eigenvalue weighted by Crippen LogP contribution is -2.21. The highest BCUT2D eigenvalue weighted by molar-refractivity contribution is 7.87. The van der Waals surface area contributed by atoms with E-state index in [9.17, 15) is 39.2 Å². The molecule has 2 aromatic carbocycles. The Hall–Kier alpha value is -2.55. The van der Waals surface area contributed by atoms with Gasteiger partial charge in [-0.2, -0.15) is 25.6 Å². The van der Waals surface area contributed by atoms with Crippen molar-refractivity contribution in [2.75, 3.05) is 6.61 Å². The van der Waals surface area contributed by atoms with Crippen LogP contribution in [0.3, 0.4) is 0 Å². The standard InChI is InChI=1S/C33H40F4O8S2/c34-27-29(36)33(46(39,40)41)30(37)28(35)31(27)45-26(38)16-17-44-47(42,43)32-24(21-12-6-2-7-13-21)18-23(20-10-4-1-5-11-20)19-25(32)22-14-8-3-9-15-22/h18-22H,1-17H2,(H,39,40,41). The summed E-state index contributed by atoms with van der Waals surface area (Å²) in [6.45, 7) is -0.795. The second-order valence-corrected chi connectivity index (χ2v) is 15.8. The van der Waals surface area contributed by atoms with E-state index in [-0.39, 0.29) is 16.7 Å². The summed E-state index contributed by atoms with van der Waals surface area (Å²) in [6, 6.07) is 4.10. The number of rotatable bonds is 10. The predicted octanol–water partition coefficient (Wildman–Crippen LogP) is 8.33. The fourth-order valence-electron chi connectivity index (χ4n) is 7.46. The topological polar surface area (TPSA) is 124 Å². The minimum atomic E-state index is -5.70. The number of hydrogen-bond donors (Lipinski definition) is 1. The lowest BCUT2D eigenvalue weighted by Gasteiger charge is -2.32. The minimum Gasteiger partial charge on any atom is -0.420 e. The fraction of sp³-hybridized carbons (Fsp3) is 0.606. The largest absolute Gasteiger partial charge is 0.420 e. The lowest BCUT2D eigenvalue weighted by atomic mass is 9.76. The van der Waals surface area contributed by atoms with Crippen LogP contribution in [0.1, 0.15) is 137 Å². The smallest absolute Gasteiger partial charge is 0.313 e. The van der Waals surface area contributed by atoms with E-state index in [1.165, 1.54) is 6.42 Å². The average Bonchev–Trinajstić information content (AvgIpc) is 3.05. The van der Waals surface area contributed by atoms with E-state index in [4.69, 9.17) is 8.74 Å². The van der Waals surface area contributed by atoms with Gasteiger partial charge in [0.05, 0.1) is 13.0 Å². The van der Waals surface area contributed by atoms with Crippen LogP contribution in [-0.2, 0) is 29.2 Å². The maximum atomic E-state index is 14.4. The van der Waals surface area contributed by atoms with Crippen molar-refractivity contribution in [1.82, 2.24) is 0 Å². The van der Waals surface area contributed by atoms with Crippen molar-refractivity contribution in [2.45, 2.75) is 130 Å². The number of benzene rings is 2. The highest BCUT2D eigenvalue weighted by atomic mass is 32.2. The Morgan fingerprint density at radius 1 is 0.660 bits per heavy atom. The van der Waals surface area contributed by atoms with Gasteiger partial charge in [0.1, 0.15) is 4.90 Å². The Bertz CT molecular complexity index is 1630. The monoisotopic (exact) mass is 704 g/mol. The van der Waals surface area contributed by atoms with Gasteiger partial charge >= 0.3 is 16.1 Å². The number of ether oxygens (including phenoxy) is 1. The molecule has 0 aliphatic heterocycles. The summed E-state index contributed by atoms with van der Waals surface area (Å²) in [5, 5.41) is 0. The van der Waals surface area contributed by atoms with Crippen LogP contribution in [-0.4, -0.2) is 34.0 Å². The molecule has 1 N–H and O–H groups in total. The van der Waals surface area contributed by atoms with Crippen LogP contribution < -0.4 is 4.74 Å². The minimum absolute atomic E-state index is 0.0226. The molecule has 2 aromatic rings. The Balaban J connectivity index is 1.42. The Labute approximate surface area is 273 Å². The molecule has 3 aliphatic rings. The molecule has 47 heavy (non-hydrogen) atoms. The van der Waals surface area contributed by atoms with E-state index in [0.717, 1.165) is 107 Å². The van der Waals surface area contributed by atoms with Crippen LogP contribution in [0.4, 0.5) is 17.6 Å². The van der Waals surface area contributed by atoms with E-state index in [2.05, 4.69) is 4.74 Å². The Morgan fingerprint density at radius 2 is 1.09 bits per heavy atom. The van der Waals surface area contributed by atoms with Gasteiger partial charge in [-0.25, -0.2) is 8.78 Å². The maximum absolute atomic E-state index is 14.4. The zero-order chi connectivity index (χ0) is 33.9. The molecular formula is C33H40F4O8S2. The normalized spacial score (nSPS) is 19.2. The van der Waals surface area contributed by atoms with Crippen molar-refractivity contribution in [2.24, 2.45) is 0 Å². The van der Waals surface area contributed by atoms with Crippen molar-refractivity contribution < 1.29 is 52.7 Å². The third-order valence-electron chi connectivity index (χ3n) is 9.79. The quantitative estimate of drug-likeness (QED) is 0.0654. The van der Waals surface area contributed by atoms with Gasteiger partial charge in [0.25, 0.3) is 10.1 Å². The zero-order valence-corrected chi connectivity index (χ0v) is 27.7. The summed E-state index contributed by atoms with van der Waals surface area (Å²) in [6.07, 6.45) is 14.1. The number of hydrogen-bond acceptors (Lipinski definition) is 7. The molecular weight excluding hydrogens is 664 g/mol. The highest BCUT2D eigenvalue weighted by Gasteiger charge is 2.36. The summed E-state index contributed by atoms with van der Waals surface area (Å²) in [7, 11) is -10.2. The van der Waals surface area contributed by atoms with Gasteiger partial charge in [0, 0.05) is 0 Å². The van der Waals surface area contributed by atoms with Crippen molar-refractivity contribution in [3.8, 4) is 5.75 Å². The molecule has 0 amide bonds. The molecule has 0 atom stereocenters. The number of carbonyl (C=O) groups is 1. The Morgan fingerprint density at radius 3 is 1.51 bits per heavy atom. The third-order valence-corrected chi connectivity index (χ3v) is 12.1. The highest BCUT2D eigenvalue weighted by Crippen LogP contribution is 2.46. The van der Waals surface area contributed by atoms with Crippen LogP contribution in [0, 0.1) is 23.3 Å². The van der Waals surface area contributed by atoms with E-state index < -0.39 is 73.1 Å². The first kappa shape index (κ1) is 35.7. The molecule has 0 saturated heterocycles. The van der Waals surface area contributed by atoms with Crippen molar-refractivity contribution >= 4 is 26.2 Å². The molecule has 8 nitrogen and oxygen atoms in total. The molecule has 3 fully saturated rings. The summed E-state index contributed by atoms with van der Waals surface area (Å²) in [5.74, 6) is -12.7. The van der Waals surface area contributed by atoms with E-state index in [1.54, 1.807) is 0 Å². The summed E-state index contributed by atoms with van der Waals surface area (Å²) < 4.78 is 126. The molecule has 0 radical (unpaired) electrons. The average molecular weight is 705 g/mol. The van der Waals surface area contributed by atoms with Crippen molar-refractivity contribution in [3.05, 3.63) is 52.1 Å². The van der Waals surface area contributed by atoms with Crippen LogP contribution >= 0.6 is 0 Å². The van der Waals surface area contributed by atoms with E-state index in [0.29, 0.717) is 5.92 Å². The van der Waals surface area contributed by atoms with Gasteiger partial charge in [0.15, 0.2) is 16.5 Å². The van der Waals surface area contributed by atoms with Crippen LogP contribution in [0.15, 0.2) is 21.9 Å².